The second-order valence-corrected chi connectivity index (χ2v) is 6.23. The molecular weight excluding hydrogens is 296 g/mol. The number of nitrogens with one attached hydrogen (secondary N) is 2. The third-order valence-electron chi connectivity index (χ3n) is 2.94. The third kappa shape index (κ3) is 5.37. The number of ether oxygens (including phenoxy) is 1. The van der Waals surface area contributed by atoms with Crippen LogP contribution in [0, 0.1) is 6.92 Å². The van der Waals surface area contributed by atoms with Crippen LogP contribution in [0.4, 0.5) is 0 Å². The molecule has 2 N–H and O–H groups in total. The van der Waals surface area contributed by atoms with Gasteiger partial charge in [0.15, 0.2) is 5.96 Å². The molecule has 1 atom stereocenters. The second kappa shape index (κ2) is 8.38. The van der Waals surface area contributed by atoms with E-state index in [1.54, 1.807) is 18.4 Å². The Hall–Kier alpha value is -2.08. The standard InChI is InChI=1S/C16H22N4OS/c1-12(21-14-7-5-4-6-8-14)9-19-16(17-3)20-11-15-18-10-13(2)22-15/h4-8,10,12H,9,11H2,1-3H3,(H2,17,19,20). The minimum atomic E-state index is 0.0445. The molecule has 0 spiro atoms. The zero-order chi connectivity index (χ0) is 15.8. The SMILES string of the molecule is CN=C(NCc1ncc(C)s1)NCC(C)Oc1ccccc1. The average molecular weight is 318 g/mol. The lowest BCUT2D eigenvalue weighted by Crippen LogP contribution is -2.41. The van der Waals surface area contributed by atoms with Gasteiger partial charge < -0.3 is 15.4 Å². The summed E-state index contributed by atoms with van der Waals surface area (Å²) in [6.45, 7) is 5.42. The van der Waals surface area contributed by atoms with Crippen LogP contribution >= 0.6 is 11.3 Å². The van der Waals surface area contributed by atoms with Gasteiger partial charge in [-0.25, -0.2) is 4.98 Å². The Morgan fingerprint density at radius 3 is 2.73 bits per heavy atom. The largest absolute Gasteiger partial charge is 0.489 e. The number of nitrogens with zero attached hydrogens (tertiary/aromatic N) is 2. The molecule has 0 fully saturated rings. The number of hydrogen-bond acceptors (Lipinski definition) is 4. The Morgan fingerprint density at radius 1 is 1.32 bits per heavy atom. The average Bonchev–Trinajstić information content (AvgIpc) is 2.94. The highest BCUT2D eigenvalue weighted by Crippen LogP contribution is 2.11. The first kappa shape index (κ1) is 16.3. The van der Waals surface area contributed by atoms with Crippen molar-refractivity contribution in [3.8, 4) is 5.75 Å². The van der Waals surface area contributed by atoms with Crippen LogP contribution in [0.15, 0.2) is 41.5 Å². The number of hydrogen-bond donors (Lipinski definition) is 2. The van der Waals surface area contributed by atoms with Crippen molar-refractivity contribution in [1.82, 2.24) is 15.6 Å². The number of thiazole rings is 1. The van der Waals surface area contributed by atoms with Crippen molar-refractivity contribution in [3.63, 3.8) is 0 Å². The van der Waals surface area contributed by atoms with Gasteiger partial charge in [-0.3, -0.25) is 4.99 Å². The molecular formula is C16H22N4OS. The van der Waals surface area contributed by atoms with Crippen molar-refractivity contribution >= 4 is 17.3 Å². The highest BCUT2D eigenvalue weighted by Gasteiger charge is 2.06. The van der Waals surface area contributed by atoms with Crippen molar-refractivity contribution in [2.45, 2.75) is 26.5 Å². The smallest absolute Gasteiger partial charge is 0.191 e. The molecule has 0 saturated carbocycles. The monoisotopic (exact) mass is 318 g/mol. The molecule has 22 heavy (non-hydrogen) atoms. The maximum atomic E-state index is 5.82. The van der Waals surface area contributed by atoms with E-state index in [1.807, 2.05) is 43.5 Å². The molecule has 0 bridgehead atoms. The van der Waals surface area contributed by atoms with Gasteiger partial charge in [0.25, 0.3) is 0 Å². The highest BCUT2D eigenvalue weighted by molar-refractivity contribution is 7.11. The quantitative estimate of drug-likeness (QED) is 0.635. The first-order valence-corrected chi connectivity index (χ1v) is 8.06. The molecule has 0 radical (unpaired) electrons. The maximum absolute atomic E-state index is 5.82. The van der Waals surface area contributed by atoms with Crippen molar-refractivity contribution in [2.24, 2.45) is 4.99 Å². The molecule has 6 heteroatoms. The van der Waals surface area contributed by atoms with Crippen molar-refractivity contribution in [3.05, 3.63) is 46.4 Å². The summed E-state index contributed by atoms with van der Waals surface area (Å²) >= 11 is 1.69. The van der Waals surface area contributed by atoms with Gasteiger partial charge >= 0.3 is 0 Å². The number of guanidine groups is 1. The molecule has 0 aliphatic heterocycles. The van der Waals surface area contributed by atoms with Crippen LogP contribution in [0.5, 0.6) is 5.75 Å². The third-order valence-corrected chi connectivity index (χ3v) is 3.85. The molecule has 0 aliphatic carbocycles. The van der Waals surface area contributed by atoms with E-state index in [0.29, 0.717) is 13.1 Å². The van der Waals surface area contributed by atoms with Crippen molar-refractivity contribution in [2.75, 3.05) is 13.6 Å². The Labute approximate surface area is 135 Å². The van der Waals surface area contributed by atoms with E-state index in [4.69, 9.17) is 4.74 Å². The summed E-state index contributed by atoms with van der Waals surface area (Å²) < 4.78 is 5.82. The predicted molar refractivity (Wildman–Crippen MR) is 91.6 cm³/mol. The van der Waals surface area contributed by atoms with E-state index < -0.39 is 0 Å². The summed E-state index contributed by atoms with van der Waals surface area (Å²) in [5.74, 6) is 1.62. The molecule has 1 aromatic carbocycles. The highest BCUT2D eigenvalue weighted by atomic mass is 32.1. The minimum absolute atomic E-state index is 0.0445. The number of aromatic nitrogens is 1. The summed E-state index contributed by atoms with van der Waals surface area (Å²) in [6.07, 6.45) is 1.93. The lowest BCUT2D eigenvalue weighted by atomic mass is 10.3. The second-order valence-electron chi connectivity index (χ2n) is 4.91. The van der Waals surface area contributed by atoms with Crippen LogP contribution in [0.25, 0.3) is 0 Å². The number of para-hydroxylation sites is 1. The van der Waals surface area contributed by atoms with Crippen LogP contribution in [0.2, 0.25) is 0 Å². The number of benzene rings is 1. The lowest BCUT2D eigenvalue weighted by Gasteiger charge is -2.17. The molecule has 0 saturated heterocycles. The van der Waals surface area contributed by atoms with E-state index >= 15 is 0 Å². The molecule has 1 heterocycles. The van der Waals surface area contributed by atoms with Gasteiger partial charge in [0.1, 0.15) is 16.9 Å². The van der Waals surface area contributed by atoms with E-state index in [-0.39, 0.29) is 6.10 Å². The fraction of sp³-hybridized carbons (Fsp3) is 0.375. The number of aliphatic imine (C=N–C) groups is 1. The van der Waals surface area contributed by atoms with Gasteiger partial charge in [0.05, 0.1) is 13.1 Å². The van der Waals surface area contributed by atoms with E-state index in [9.17, 15) is 0 Å². The lowest BCUT2D eigenvalue weighted by molar-refractivity contribution is 0.224. The molecule has 1 aromatic heterocycles. The van der Waals surface area contributed by atoms with Crippen molar-refractivity contribution < 1.29 is 4.74 Å². The zero-order valence-corrected chi connectivity index (χ0v) is 14.0. The fourth-order valence-electron chi connectivity index (χ4n) is 1.88. The predicted octanol–water partition coefficient (Wildman–Crippen LogP) is 2.58. The van der Waals surface area contributed by atoms with Crippen LogP contribution in [0.3, 0.4) is 0 Å². The Bertz CT molecular complexity index is 597. The van der Waals surface area contributed by atoms with E-state index in [2.05, 4.69) is 27.5 Å². The molecule has 1 unspecified atom stereocenters. The fourth-order valence-corrected chi connectivity index (χ4v) is 2.60. The molecule has 2 rings (SSSR count). The normalized spacial score (nSPS) is 12.8. The molecule has 0 amide bonds. The first-order valence-electron chi connectivity index (χ1n) is 7.25. The molecule has 5 nitrogen and oxygen atoms in total. The Morgan fingerprint density at radius 2 is 2.09 bits per heavy atom. The number of aryl methyl sites for hydroxylation is 1. The van der Waals surface area contributed by atoms with Crippen LogP contribution in [-0.2, 0) is 6.54 Å². The van der Waals surface area contributed by atoms with Crippen LogP contribution in [0.1, 0.15) is 16.8 Å². The van der Waals surface area contributed by atoms with Crippen LogP contribution < -0.4 is 15.4 Å². The summed E-state index contributed by atoms with van der Waals surface area (Å²) in [7, 11) is 1.76. The maximum Gasteiger partial charge on any atom is 0.191 e. The molecule has 118 valence electrons. The zero-order valence-electron chi connectivity index (χ0n) is 13.2. The topological polar surface area (TPSA) is 58.5 Å². The van der Waals surface area contributed by atoms with Gasteiger partial charge in [0, 0.05) is 18.1 Å². The molecule has 0 aliphatic rings. The summed E-state index contributed by atoms with van der Waals surface area (Å²) in [4.78, 5) is 9.74. The summed E-state index contributed by atoms with van der Waals surface area (Å²) in [6, 6.07) is 9.81. The van der Waals surface area contributed by atoms with Gasteiger partial charge in [-0.1, -0.05) is 18.2 Å². The van der Waals surface area contributed by atoms with Crippen LogP contribution in [-0.4, -0.2) is 30.6 Å². The van der Waals surface area contributed by atoms with Gasteiger partial charge in [-0.15, -0.1) is 11.3 Å². The Balaban J connectivity index is 1.73. The van der Waals surface area contributed by atoms with Gasteiger partial charge in [0.2, 0.25) is 0 Å². The van der Waals surface area contributed by atoms with Gasteiger partial charge in [-0.2, -0.15) is 0 Å². The van der Waals surface area contributed by atoms with Crippen molar-refractivity contribution in [1.29, 1.82) is 0 Å². The Kier molecular flexibility index (Phi) is 6.21. The number of rotatable bonds is 6. The molecule has 2 aromatic rings. The first-order chi connectivity index (χ1) is 10.7. The summed E-state index contributed by atoms with van der Waals surface area (Å²) in [5, 5.41) is 7.56. The minimum Gasteiger partial charge on any atom is -0.489 e. The van der Waals surface area contributed by atoms with E-state index in [1.165, 1.54) is 4.88 Å². The van der Waals surface area contributed by atoms with E-state index in [0.717, 1.165) is 16.7 Å². The van der Waals surface area contributed by atoms with Gasteiger partial charge in [-0.05, 0) is 26.0 Å². The summed E-state index contributed by atoms with van der Waals surface area (Å²) in [5.41, 5.74) is 0.